The zero-order valence-corrected chi connectivity index (χ0v) is 5.07. The van der Waals surface area contributed by atoms with E-state index in [1.807, 2.05) is 0 Å². The third-order valence-electron chi connectivity index (χ3n) is 1.01. The molecule has 0 saturated heterocycles. The Balaban J connectivity index is 2.44. The molecule has 6 nitrogen and oxygen atoms in total. The van der Waals surface area contributed by atoms with Gasteiger partial charge in [-0.15, -0.1) is 4.98 Å². The Hall–Kier alpha value is -1.85. The van der Waals surface area contributed by atoms with Gasteiger partial charge in [-0.05, 0) is 0 Å². The minimum absolute atomic E-state index is 0.0733. The molecule has 2 rings (SSSR count). The molecule has 1 aliphatic rings. The second-order valence-electron chi connectivity index (χ2n) is 1.73. The molecule has 0 unspecified atom stereocenters. The summed E-state index contributed by atoms with van der Waals surface area (Å²) in [6, 6.07) is 0. The van der Waals surface area contributed by atoms with E-state index in [0.717, 1.165) is 6.26 Å². The van der Waals surface area contributed by atoms with Gasteiger partial charge in [-0.3, -0.25) is 0 Å². The summed E-state index contributed by atoms with van der Waals surface area (Å²) in [6.07, 6.45) is 0.788. The van der Waals surface area contributed by atoms with Crippen LogP contribution in [0.2, 0.25) is 0 Å². The van der Waals surface area contributed by atoms with Crippen molar-refractivity contribution in [2.24, 2.45) is 0 Å². The maximum absolute atomic E-state index is 10.5. The van der Waals surface area contributed by atoms with Gasteiger partial charge < -0.3 is 13.9 Å². The molecule has 0 aliphatic carbocycles. The number of esters is 2. The van der Waals surface area contributed by atoms with E-state index in [4.69, 9.17) is 0 Å². The second kappa shape index (κ2) is 1.82. The Kier molecular flexibility index (Phi) is 0.974. The highest BCUT2D eigenvalue weighted by atomic mass is 16.7. The maximum atomic E-state index is 10.5. The highest BCUT2D eigenvalue weighted by Crippen LogP contribution is 2.19. The molecule has 0 radical (unpaired) electrons. The predicted octanol–water partition coefficient (Wildman–Crippen LogP) is -0.501. The molecule has 0 atom stereocenters. The third-order valence-corrected chi connectivity index (χ3v) is 1.01. The first-order valence-corrected chi connectivity index (χ1v) is 2.65. The van der Waals surface area contributed by atoms with Crippen LogP contribution in [0.5, 0.6) is 12.0 Å². The SMILES string of the molecule is O=C1Oc2coc(n2)OC1=O. The summed E-state index contributed by atoms with van der Waals surface area (Å²) >= 11 is 0. The maximum Gasteiger partial charge on any atom is 0.426 e. The first-order valence-electron chi connectivity index (χ1n) is 2.65. The molecule has 0 aromatic carbocycles. The number of ether oxygens (including phenoxy) is 2. The molecule has 11 heavy (non-hydrogen) atoms. The fraction of sp³-hybridized carbons (Fsp3) is 0. The Bertz CT molecular complexity index is 297. The lowest BCUT2D eigenvalue weighted by molar-refractivity contribution is -0.156. The summed E-state index contributed by atoms with van der Waals surface area (Å²) in [4.78, 5) is 24.5. The minimum atomic E-state index is -1.13. The van der Waals surface area contributed by atoms with Gasteiger partial charge in [-0.25, -0.2) is 9.59 Å². The van der Waals surface area contributed by atoms with Gasteiger partial charge in [0.05, 0.1) is 0 Å². The van der Waals surface area contributed by atoms with E-state index < -0.39 is 11.9 Å². The number of nitrogens with zero attached hydrogens (tertiary/aromatic N) is 1. The number of aromatic nitrogens is 1. The summed E-state index contributed by atoms with van der Waals surface area (Å²) in [6.45, 7) is 0. The van der Waals surface area contributed by atoms with Gasteiger partial charge >= 0.3 is 18.0 Å². The molecule has 1 aromatic rings. The molecule has 6 heteroatoms. The summed E-state index contributed by atoms with van der Waals surface area (Å²) in [5, 5.41) is 0. The summed E-state index contributed by atoms with van der Waals surface area (Å²) in [5.41, 5.74) is 0. The Morgan fingerprint density at radius 2 is 1.91 bits per heavy atom. The van der Waals surface area contributed by atoms with Crippen LogP contribution in [0.1, 0.15) is 0 Å². The molecule has 56 valence electrons. The number of carbonyl (C=O) groups is 2. The van der Waals surface area contributed by atoms with E-state index in [1.54, 1.807) is 0 Å². The summed E-state index contributed by atoms with van der Waals surface area (Å²) in [7, 11) is 0. The first kappa shape index (κ1) is 5.90. The van der Waals surface area contributed by atoms with E-state index in [2.05, 4.69) is 18.9 Å². The highest BCUT2D eigenvalue weighted by Gasteiger charge is 2.27. The van der Waals surface area contributed by atoms with Crippen molar-refractivity contribution in [2.45, 2.75) is 0 Å². The van der Waals surface area contributed by atoms with Crippen molar-refractivity contribution in [1.82, 2.24) is 4.98 Å². The second-order valence-corrected chi connectivity index (χ2v) is 1.73. The molecule has 0 fully saturated rings. The van der Waals surface area contributed by atoms with Crippen molar-refractivity contribution < 1.29 is 23.5 Å². The molecular formula is C5HNO5. The minimum Gasteiger partial charge on any atom is -0.413 e. The largest absolute Gasteiger partial charge is 0.426 e. The van der Waals surface area contributed by atoms with Gasteiger partial charge in [0.25, 0.3) is 5.88 Å². The number of hydrogen-bond donors (Lipinski definition) is 0. The molecule has 1 aromatic heterocycles. The van der Waals surface area contributed by atoms with E-state index in [9.17, 15) is 9.59 Å². The average Bonchev–Trinajstić information content (AvgIpc) is 2.30. The topological polar surface area (TPSA) is 78.6 Å². The van der Waals surface area contributed by atoms with Crippen molar-refractivity contribution in [3.8, 4) is 12.0 Å². The number of fused-ring (bicyclic) bond motifs is 2. The van der Waals surface area contributed by atoms with Gasteiger partial charge in [0, 0.05) is 0 Å². The van der Waals surface area contributed by atoms with Gasteiger partial charge in [-0.1, -0.05) is 0 Å². The predicted molar refractivity (Wildman–Crippen MR) is 27.8 cm³/mol. The number of hydrogen-bond acceptors (Lipinski definition) is 6. The number of oxazole rings is 1. The van der Waals surface area contributed by atoms with Crippen LogP contribution in [0.15, 0.2) is 10.7 Å². The van der Waals surface area contributed by atoms with Crippen LogP contribution in [0, 0.1) is 0 Å². The van der Waals surface area contributed by atoms with Crippen molar-refractivity contribution in [3.63, 3.8) is 0 Å². The van der Waals surface area contributed by atoms with Gasteiger partial charge in [0.15, 0.2) is 6.26 Å². The van der Waals surface area contributed by atoms with Crippen molar-refractivity contribution >= 4 is 11.9 Å². The zero-order valence-electron chi connectivity index (χ0n) is 5.07. The number of carbonyl (C=O) groups excluding carboxylic acids is 2. The normalized spacial score (nSPS) is 15.3. The highest BCUT2D eigenvalue weighted by molar-refractivity contribution is 6.31. The molecule has 1 aliphatic heterocycles. The molecule has 0 spiro atoms. The van der Waals surface area contributed by atoms with Crippen LogP contribution in [-0.4, -0.2) is 16.9 Å². The van der Waals surface area contributed by atoms with Gasteiger partial charge in [-0.2, -0.15) is 0 Å². The van der Waals surface area contributed by atoms with Crippen LogP contribution in [0.4, 0.5) is 0 Å². The van der Waals surface area contributed by atoms with Crippen LogP contribution in [0.3, 0.4) is 0 Å². The fourth-order valence-electron chi connectivity index (χ4n) is 0.595. The van der Waals surface area contributed by atoms with Crippen molar-refractivity contribution in [2.75, 3.05) is 0 Å². The first-order chi connectivity index (χ1) is 5.25. The monoisotopic (exact) mass is 155 g/mol. The van der Waals surface area contributed by atoms with Crippen LogP contribution >= 0.6 is 0 Å². The van der Waals surface area contributed by atoms with E-state index in [1.165, 1.54) is 0 Å². The van der Waals surface area contributed by atoms with Crippen molar-refractivity contribution in [1.29, 1.82) is 0 Å². The Labute approximate surface area is 59.7 Å². The quantitative estimate of drug-likeness (QED) is 0.371. The molecule has 0 N–H and O–H groups in total. The smallest absolute Gasteiger partial charge is 0.413 e. The summed E-state index contributed by atoms with van der Waals surface area (Å²) < 4.78 is 13.2. The lowest BCUT2D eigenvalue weighted by Gasteiger charge is -1.94. The third kappa shape index (κ3) is 0.841. The Morgan fingerprint density at radius 3 is 2.73 bits per heavy atom. The lowest BCUT2D eigenvalue weighted by atomic mass is 10.7. The van der Waals surface area contributed by atoms with E-state index in [0.29, 0.717) is 0 Å². The van der Waals surface area contributed by atoms with Crippen LogP contribution in [-0.2, 0) is 9.59 Å². The zero-order chi connectivity index (χ0) is 7.84. The standard InChI is InChI=1S/C5HNO5/c7-3-4(8)11-5-6-2(10-3)1-9-5/h1H. The van der Waals surface area contributed by atoms with Gasteiger partial charge in [0.1, 0.15) is 0 Å². The van der Waals surface area contributed by atoms with Crippen LogP contribution in [0.25, 0.3) is 0 Å². The Morgan fingerprint density at radius 1 is 1.18 bits per heavy atom. The lowest BCUT2D eigenvalue weighted by Crippen LogP contribution is -2.24. The molecular weight excluding hydrogens is 154 g/mol. The molecule has 2 heterocycles. The van der Waals surface area contributed by atoms with E-state index >= 15 is 0 Å². The molecule has 2 bridgehead atoms. The summed E-state index contributed by atoms with van der Waals surface area (Å²) in [5.74, 6) is -2.30. The van der Waals surface area contributed by atoms with Gasteiger partial charge in [0.2, 0.25) is 0 Å². The van der Waals surface area contributed by atoms with Crippen molar-refractivity contribution in [3.05, 3.63) is 6.26 Å². The molecule has 0 saturated carbocycles. The molecule has 0 amide bonds. The fourth-order valence-corrected chi connectivity index (χ4v) is 0.595. The number of rotatable bonds is 0. The van der Waals surface area contributed by atoms with Crippen LogP contribution < -0.4 is 9.47 Å². The van der Waals surface area contributed by atoms with E-state index in [-0.39, 0.29) is 12.0 Å². The average molecular weight is 155 g/mol.